The van der Waals surface area contributed by atoms with Crippen LogP contribution < -0.4 is 5.32 Å². The number of nitrogens with zero attached hydrogens (tertiary/aromatic N) is 1. The fourth-order valence-electron chi connectivity index (χ4n) is 1.92. The molecular weight excluding hydrogens is 252 g/mol. The number of hydrogen-bond acceptors (Lipinski definition) is 2. The van der Waals surface area contributed by atoms with Gasteiger partial charge < -0.3 is 5.32 Å². The smallest absolute Gasteiger partial charge is 0.0420 e. The lowest BCUT2D eigenvalue weighted by atomic mass is 10.1. The Labute approximate surface area is 99.6 Å². The molecule has 0 amide bonds. The van der Waals surface area contributed by atoms with E-state index in [1.54, 1.807) is 0 Å². The number of rotatable bonds is 5. The van der Waals surface area contributed by atoms with Crippen molar-refractivity contribution in [3.05, 3.63) is 28.5 Å². The lowest BCUT2D eigenvalue weighted by Crippen LogP contribution is -2.33. The van der Waals surface area contributed by atoms with E-state index in [9.17, 15) is 0 Å². The summed E-state index contributed by atoms with van der Waals surface area (Å²) in [5, 5.41) is 3.56. The van der Waals surface area contributed by atoms with Gasteiger partial charge in [0, 0.05) is 28.8 Å². The molecule has 1 fully saturated rings. The molecule has 1 saturated carbocycles. The molecule has 3 heteroatoms. The minimum atomic E-state index is 0.628. The molecule has 2 rings (SSSR count). The molecule has 1 aromatic heterocycles. The summed E-state index contributed by atoms with van der Waals surface area (Å²) in [6.07, 6.45) is 5.71. The largest absolute Gasteiger partial charge is 0.314 e. The van der Waals surface area contributed by atoms with Gasteiger partial charge in [0.1, 0.15) is 0 Å². The molecule has 1 aliphatic rings. The van der Waals surface area contributed by atoms with Gasteiger partial charge in [-0.05, 0) is 53.4 Å². The molecule has 2 nitrogen and oxygen atoms in total. The summed E-state index contributed by atoms with van der Waals surface area (Å²) in [6, 6.07) is 4.80. The molecule has 0 bridgehead atoms. The number of likely N-dealkylation sites (N-methyl/N-ethyl adjacent to an activating group) is 1. The minimum Gasteiger partial charge on any atom is -0.314 e. The minimum absolute atomic E-state index is 0.628. The fraction of sp³-hybridized carbons (Fsp3) is 0.583. The van der Waals surface area contributed by atoms with Crippen molar-refractivity contribution in [3.63, 3.8) is 0 Å². The third kappa shape index (κ3) is 3.28. The van der Waals surface area contributed by atoms with Crippen LogP contribution in [0.1, 0.15) is 25.5 Å². The molecule has 0 radical (unpaired) electrons. The lowest BCUT2D eigenvalue weighted by Gasteiger charge is -2.16. The van der Waals surface area contributed by atoms with Crippen LogP contribution in [0.15, 0.2) is 22.8 Å². The van der Waals surface area contributed by atoms with Crippen molar-refractivity contribution in [2.24, 2.45) is 5.92 Å². The van der Waals surface area contributed by atoms with Crippen molar-refractivity contribution in [2.75, 3.05) is 6.54 Å². The third-order valence-electron chi connectivity index (χ3n) is 2.88. The Kier molecular flexibility index (Phi) is 3.76. The normalized spacial score (nSPS) is 17.7. The number of halogens is 1. The summed E-state index contributed by atoms with van der Waals surface area (Å²) in [4.78, 5) is 4.42. The zero-order chi connectivity index (χ0) is 10.7. The van der Waals surface area contributed by atoms with Gasteiger partial charge in [-0.1, -0.05) is 6.92 Å². The first-order valence-electron chi connectivity index (χ1n) is 5.63. The summed E-state index contributed by atoms with van der Waals surface area (Å²) in [5.74, 6) is 0.885. The van der Waals surface area contributed by atoms with Crippen molar-refractivity contribution >= 4 is 15.9 Å². The lowest BCUT2D eigenvalue weighted by molar-refractivity contribution is 0.468. The maximum Gasteiger partial charge on any atom is 0.0420 e. The third-order valence-corrected chi connectivity index (χ3v) is 3.34. The first kappa shape index (κ1) is 11.1. The molecule has 15 heavy (non-hydrogen) atoms. The Hall–Kier alpha value is -0.410. The summed E-state index contributed by atoms with van der Waals surface area (Å²) in [7, 11) is 0. The first-order valence-corrected chi connectivity index (χ1v) is 6.42. The van der Waals surface area contributed by atoms with Gasteiger partial charge in [0.25, 0.3) is 0 Å². The molecule has 1 heterocycles. The number of nitrogens with one attached hydrogen (secondary N) is 1. The maximum absolute atomic E-state index is 4.42. The molecule has 1 unspecified atom stereocenters. The Morgan fingerprint density at radius 2 is 2.33 bits per heavy atom. The Morgan fingerprint density at radius 3 is 2.87 bits per heavy atom. The number of pyridine rings is 1. The Balaban J connectivity index is 1.95. The highest BCUT2D eigenvalue weighted by atomic mass is 79.9. The highest BCUT2D eigenvalue weighted by Crippen LogP contribution is 2.33. The van der Waals surface area contributed by atoms with Gasteiger partial charge in [-0.2, -0.15) is 0 Å². The van der Waals surface area contributed by atoms with Crippen molar-refractivity contribution in [1.82, 2.24) is 10.3 Å². The molecule has 0 saturated heterocycles. The van der Waals surface area contributed by atoms with E-state index < -0.39 is 0 Å². The predicted octanol–water partition coefficient (Wildman–Crippen LogP) is 2.77. The SMILES string of the molecule is CCNC(Cc1ccc(Br)cn1)C1CC1. The van der Waals surface area contributed by atoms with Gasteiger partial charge in [-0.25, -0.2) is 0 Å². The van der Waals surface area contributed by atoms with Crippen molar-refractivity contribution in [2.45, 2.75) is 32.2 Å². The summed E-state index contributed by atoms with van der Waals surface area (Å²) in [5.41, 5.74) is 1.19. The van der Waals surface area contributed by atoms with E-state index in [4.69, 9.17) is 0 Å². The van der Waals surface area contributed by atoms with Gasteiger partial charge in [-0.15, -0.1) is 0 Å². The van der Waals surface area contributed by atoms with E-state index in [1.807, 2.05) is 6.20 Å². The summed E-state index contributed by atoms with van der Waals surface area (Å²) in [6.45, 7) is 3.22. The molecule has 0 spiro atoms. The molecule has 1 atom stereocenters. The van der Waals surface area contributed by atoms with E-state index >= 15 is 0 Å². The van der Waals surface area contributed by atoms with Crippen LogP contribution in [0.5, 0.6) is 0 Å². The highest BCUT2D eigenvalue weighted by Gasteiger charge is 2.30. The van der Waals surface area contributed by atoms with Crippen LogP contribution in [0.4, 0.5) is 0 Å². The van der Waals surface area contributed by atoms with E-state index in [0.717, 1.165) is 23.4 Å². The fourth-order valence-corrected chi connectivity index (χ4v) is 2.15. The second kappa shape index (κ2) is 5.08. The van der Waals surface area contributed by atoms with E-state index in [2.05, 4.69) is 45.3 Å². The second-order valence-corrected chi connectivity index (χ2v) is 5.09. The quantitative estimate of drug-likeness (QED) is 0.889. The number of aromatic nitrogens is 1. The molecule has 1 aliphatic carbocycles. The maximum atomic E-state index is 4.42. The van der Waals surface area contributed by atoms with E-state index in [-0.39, 0.29) is 0 Å². The zero-order valence-corrected chi connectivity index (χ0v) is 10.6. The van der Waals surface area contributed by atoms with Crippen LogP contribution in [0.2, 0.25) is 0 Å². The zero-order valence-electron chi connectivity index (χ0n) is 9.04. The number of hydrogen-bond donors (Lipinski definition) is 1. The summed E-state index contributed by atoms with van der Waals surface area (Å²) < 4.78 is 1.05. The topological polar surface area (TPSA) is 24.9 Å². The van der Waals surface area contributed by atoms with Crippen molar-refractivity contribution in [3.8, 4) is 0 Å². The van der Waals surface area contributed by atoms with Gasteiger partial charge >= 0.3 is 0 Å². The molecular formula is C12H17BrN2. The van der Waals surface area contributed by atoms with Crippen LogP contribution in [0.3, 0.4) is 0 Å². The second-order valence-electron chi connectivity index (χ2n) is 4.17. The van der Waals surface area contributed by atoms with E-state index in [1.165, 1.54) is 18.5 Å². The van der Waals surface area contributed by atoms with Crippen LogP contribution in [0.25, 0.3) is 0 Å². The monoisotopic (exact) mass is 268 g/mol. The molecule has 1 aromatic rings. The van der Waals surface area contributed by atoms with Gasteiger partial charge in [0.15, 0.2) is 0 Å². The van der Waals surface area contributed by atoms with Crippen LogP contribution in [-0.2, 0) is 6.42 Å². The Morgan fingerprint density at radius 1 is 1.53 bits per heavy atom. The standard InChI is InChI=1S/C12H17BrN2/c1-2-14-12(9-3-4-9)7-11-6-5-10(13)8-15-11/h5-6,8-9,12,14H,2-4,7H2,1H3. The average Bonchev–Trinajstić information content (AvgIpc) is 3.04. The predicted molar refractivity (Wildman–Crippen MR) is 65.8 cm³/mol. The van der Waals surface area contributed by atoms with Crippen molar-refractivity contribution in [1.29, 1.82) is 0 Å². The summed E-state index contributed by atoms with van der Waals surface area (Å²) >= 11 is 3.41. The van der Waals surface area contributed by atoms with Gasteiger partial charge in [0.2, 0.25) is 0 Å². The van der Waals surface area contributed by atoms with Crippen molar-refractivity contribution < 1.29 is 0 Å². The van der Waals surface area contributed by atoms with Gasteiger partial charge in [-0.3, -0.25) is 4.98 Å². The molecule has 1 N–H and O–H groups in total. The van der Waals surface area contributed by atoms with E-state index in [0.29, 0.717) is 6.04 Å². The molecule has 0 aromatic carbocycles. The Bertz CT molecular complexity index is 306. The molecule has 0 aliphatic heterocycles. The van der Waals surface area contributed by atoms with Crippen LogP contribution in [-0.4, -0.2) is 17.6 Å². The first-order chi connectivity index (χ1) is 7.29. The highest BCUT2D eigenvalue weighted by molar-refractivity contribution is 9.10. The average molecular weight is 269 g/mol. The van der Waals surface area contributed by atoms with Crippen LogP contribution >= 0.6 is 15.9 Å². The van der Waals surface area contributed by atoms with Gasteiger partial charge in [0.05, 0.1) is 0 Å². The van der Waals surface area contributed by atoms with Crippen LogP contribution in [0, 0.1) is 5.92 Å². The molecule has 82 valence electrons.